The largest absolute Gasteiger partial charge is 0.381 e. The number of rotatable bonds is 7. The van der Waals surface area contributed by atoms with E-state index in [0.717, 1.165) is 18.9 Å². The van der Waals surface area contributed by atoms with Gasteiger partial charge in [0.1, 0.15) is 16.8 Å². The molecule has 33 heavy (non-hydrogen) atoms. The molecule has 1 aliphatic carbocycles. The number of aryl methyl sites for hydroxylation is 1. The molecule has 176 valence electrons. The molecule has 0 unspecified atom stereocenters. The topological polar surface area (TPSA) is 108 Å². The summed E-state index contributed by atoms with van der Waals surface area (Å²) in [6, 6.07) is 3.63. The lowest BCUT2D eigenvalue weighted by Crippen LogP contribution is -2.30. The Hall–Kier alpha value is -2.79. The summed E-state index contributed by atoms with van der Waals surface area (Å²) in [5.74, 6) is -0.430. The molecule has 0 radical (unpaired) electrons. The van der Waals surface area contributed by atoms with Crippen LogP contribution < -0.4 is 5.32 Å². The van der Waals surface area contributed by atoms with Crippen LogP contribution in [0.3, 0.4) is 0 Å². The van der Waals surface area contributed by atoms with Crippen molar-refractivity contribution >= 4 is 32.5 Å². The summed E-state index contributed by atoms with van der Waals surface area (Å²) in [6.07, 6.45) is 6.30. The van der Waals surface area contributed by atoms with E-state index >= 15 is 0 Å². The third kappa shape index (κ3) is 4.26. The normalized spacial score (nSPS) is 18.5. The molecule has 2 aliphatic rings. The SMILES string of the molecule is Cn1ccc(NC(=O)[C@@H](CC2CCOCC2)n2ncc3c(S(=O)(=O)C4CC4)c(F)ccc32)n1. The maximum atomic E-state index is 14.7. The van der Waals surface area contributed by atoms with Gasteiger partial charge in [-0.2, -0.15) is 10.2 Å². The van der Waals surface area contributed by atoms with Crippen LogP contribution >= 0.6 is 0 Å². The van der Waals surface area contributed by atoms with Crippen LogP contribution in [0.2, 0.25) is 0 Å². The van der Waals surface area contributed by atoms with Gasteiger partial charge >= 0.3 is 0 Å². The molecule has 1 saturated heterocycles. The predicted octanol–water partition coefficient (Wildman–Crippen LogP) is 2.84. The molecule has 1 aliphatic heterocycles. The Morgan fingerprint density at radius 1 is 1.24 bits per heavy atom. The summed E-state index contributed by atoms with van der Waals surface area (Å²) in [5.41, 5.74) is 0.420. The molecule has 3 aromatic rings. The van der Waals surface area contributed by atoms with Crippen LogP contribution in [0.15, 0.2) is 35.5 Å². The van der Waals surface area contributed by atoms with Crippen molar-refractivity contribution in [3.63, 3.8) is 0 Å². The molecular formula is C22H26FN5O4S. The summed E-state index contributed by atoms with van der Waals surface area (Å²) < 4.78 is 49.1. The minimum absolute atomic E-state index is 0.213. The van der Waals surface area contributed by atoms with Gasteiger partial charge < -0.3 is 10.1 Å². The Bertz CT molecular complexity index is 1290. The number of carbonyl (C=O) groups excluding carboxylic acids is 1. The van der Waals surface area contributed by atoms with Crippen LogP contribution in [0.4, 0.5) is 10.2 Å². The van der Waals surface area contributed by atoms with Gasteiger partial charge in [-0.25, -0.2) is 12.8 Å². The molecule has 11 heteroatoms. The zero-order chi connectivity index (χ0) is 23.2. The van der Waals surface area contributed by atoms with Crippen molar-refractivity contribution in [2.24, 2.45) is 13.0 Å². The molecule has 9 nitrogen and oxygen atoms in total. The third-order valence-corrected chi connectivity index (χ3v) is 8.72. The van der Waals surface area contributed by atoms with Crippen molar-refractivity contribution < 1.29 is 22.3 Å². The van der Waals surface area contributed by atoms with E-state index in [1.54, 1.807) is 24.0 Å². The van der Waals surface area contributed by atoms with Crippen molar-refractivity contribution in [3.8, 4) is 0 Å². The van der Waals surface area contributed by atoms with Gasteiger partial charge in [-0.1, -0.05) is 0 Å². The first-order chi connectivity index (χ1) is 15.8. The zero-order valence-electron chi connectivity index (χ0n) is 18.3. The Kier molecular flexibility index (Phi) is 5.69. The van der Waals surface area contributed by atoms with E-state index in [-0.39, 0.29) is 22.1 Å². The fourth-order valence-electron chi connectivity index (χ4n) is 4.46. The molecule has 1 amide bonds. The molecule has 2 fully saturated rings. The number of hydrogen-bond donors (Lipinski definition) is 1. The van der Waals surface area contributed by atoms with Crippen LogP contribution in [0, 0.1) is 11.7 Å². The van der Waals surface area contributed by atoms with E-state index in [9.17, 15) is 17.6 Å². The lowest BCUT2D eigenvalue weighted by atomic mass is 9.92. The number of nitrogens with one attached hydrogen (secondary N) is 1. The quantitative estimate of drug-likeness (QED) is 0.563. The molecule has 1 saturated carbocycles. The molecule has 3 heterocycles. The van der Waals surface area contributed by atoms with Crippen molar-refractivity contribution in [1.29, 1.82) is 0 Å². The maximum Gasteiger partial charge on any atom is 0.250 e. The lowest BCUT2D eigenvalue weighted by molar-refractivity contribution is -0.120. The first-order valence-corrected chi connectivity index (χ1v) is 12.7. The first-order valence-electron chi connectivity index (χ1n) is 11.1. The fourth-order valence-corrected chi connectivity index (χ4v) is 6.35. The maximum absolute atomic E-state index is 14.7. The van der Waals surface area contributed by atoms with Crippen LogP contribution in [-0.4, -0.2) is 52.3 Å². The van der Waals surface area contributed by atoms with Gasteiger partial charge in [-0.05, 0) is 50.2 Å². The molecular weight excluding hydrogens is 449 g/mol. The Morgan fingerprint density at radius 3 is 2.67 bits per heavy atom. The van der Waals surface area contributed by atoms with Crippen molar-refractivity contribution in [1.82, 2.24) is 19.6 Å². The number of halogens is 1. The van der Waals surface area contributed by atoms with E-state index in [0.29, 0.717) is 43.8 Å². The highest BCUT2D eigenvalue weighted by atomic mass is 32.2. The summed E-state index contributed by atoms with van der Waals surface area (Å²) in [7, 11) is -2.03. The fraction of sp³-hybridized carbons (Fsp3) is 0.500. The van der Waals surface area contributed by atoms with Crippen LogP contribution in [0.1, 0.15) is 38.1 Å². The van der Waals surface area contributed by atoms with Gasteiger partial charge in [0.25, 0.3) is 0 Å². The van der Waals surface area contributed by atoms with E-state index in [4.69, 9.17) is 4.74 Å². The zero-order valence-corrected chi connectivity index (χ0v) is 19.1. The highest BCUT2D eigenvalue weighted by Gasteiger charge is 2.40. The number of sulfone groups is 1. The standard InChI is InChI=1S/C22H26FN5O4S/c1-27-9-6-20(26-27)25-22(29)19(12-14-7-10-32-11-8-14)28-18-5-4-17(23)21(16(18)13-24-28)33(30,31)15-2-3-15/h4-6,9,13-15,19H,2-3,7-8,10-12H2,1H3,(H,25,26,29)/t19-/m1/s1. The molecule has 5 rings (SSSR count). The average molecular weight is 476 g/mol. The Labute approximate surface area is 190 Å². The molecule has 0 bridgehead atoms. The average Bonchev–Trinajstić information content (AvgIpc) is 3.47. The second-order valence-corrected chi connectivity index (χ2v) is 11.0. The number of amides is 1. The van der Waals surface area contributed by atoms with Crippen molar-refractivity contribution in [2.75, 3.05) is 18.5 Å². The van der Waals surface area contributed by atoms with E-state index in [2.05, 4.69) is 15.5 Å². The lowest BCUT2D eigenvalue weighted by Gasteiger charge is -2.26. The minimum atomic E-state index is -3.79. The highest BCUT2D eigenvalue weighted by Crippen LogP contribution is 2.39. The Morgan fingerprint density at radius 2 is 2.00 bits per heavy atom. The van der Waals surface area contributed by atoms with Crippen LogP contribution in [0.5, 0.6) is 0 Å². The summed E-state index contributed by atoms with van der Waals surface area (Å²) >= 11 is 0. The van der Waals surface area contributed by atoms with Crippen molar-refractivity contribution in [2.45, 2.75) is 48.3 Å². The predicted molar refractivity (Wildman–Crippen MR) is 119 cm³/mol. The smallest absolute Gasteiger partial charge is 0.250 e. The van der Waals surface area contributed by atoms with Gasteiger partial charge in [0.05, 0.1) is 17.0 Å². The van der Waals surface area contributed by atoms with Gasteiger partial charge in [0.15, 0.2) is 15.7 Å². The second-order valence-electron chi connectivity index (χ2n) is 8.81. The molecule has 0 spiro atoms. The third-order valence-electron chi connectivity index (χ3n) is 6.39. The first kappa shape index (κ1) is 22.0. The second kappa shape index (κ2) is 8.53. The Balaban J connectivity index is 1.55. The molecule has 2 aromatic heterocycles. The van der Waals surface area contributed by atoms with Gasteiger partial charge in [-0.15, -0.1) is 0 Å². The van der Waals surface area contributed by atoms with Crippen LogP contribution in [0.25, 0.3) is 10.9 Å². The number of hydrogen-bond acceptors (Lipinski definition) is 6. The summed E-state index contributed by atoms with van der Waals surface area (Å²) in [4.78, 5) is 13.0. The number of ether oxygens (including phenoxy) is 1. The highest BCUT2D eigenvalue weighted by molar-refractivity contribution is 7.92. The molecule has 1 N–H and O–H groups in total. The minimum Gasteiger partial charge on any atom is -0.381 e. The van der Waals surface area contributed by atoms with Crippen LogP contribution in [-0.2, 0) is 26.4 Å². The van der Waals surface area contributed by atoms with E-state index in [1.165, 1.54) is 16.9 Å². The number of benzene rings is 1. The molecule has 1 aromatic carbocycles. The monoisotopic (exact) mass is 475 g/mol. The number of nitrogens with zero attached hydrogens (tertiary/aromatic N) is 4. The van der Waals surface area contributed by atoms with Crippen molar-refractivity contribution in [3.05, 3.63) is 36.4 Å². The number of carbonyl (C=O) groups is 1. The summed E-state index contributed by atoms with van der Waals surface area (Å²) in [6.45, 7) is 1.27. The van der Waals surface area contributed by atoms with E-state index < -0.39 is 26.9 Å². The van der Waals surface area contributed by atoms with Gasteiger partial charge in [-0.3, -0.25) is 14.2 Å². The van der Waals surface area contributed by atoms with E-state index in [1.807, 2.05) is 0 Å². The van der Waals surface area contributed by atoms with Gasteiger partial charge in [0.2, 0.25) is 5.91 Å². The number of anilines is 1. The van der Waals surface area contributed by atoms with Gasteiger partial charge in [0, 0.05) is 37.9 Å². The summed E-state index contributed by atoms with van der Waals surface area (Å²) in [5, 5.41) is 11.1. The number of fused-ring (bicyclic) bond motifs is 1. The molecule has 1 atom stereocenters. The number of aromatic nitrogens is 4.